The van der Waals surface area contributed by atoms with Gasteiger partial charge in [-0.15, -0.1) is 11.3 Å². The van der Waals surface area contributed by atoms with Gasteiger partial charge < -0.3 is 10.6 Å². The van der Waals surface area contributed by atoms with Crippen LogP contribution in [0.5, 0.6) is 0 Å². The van der Waals surface area contributed by atoms with Crippen LogP contribution in [0.15, 0.2) is 18.2 Å². The van der Waals surface area contributed by atoms with Crippen LogP contribution in [-0.2, 0) is 0 Å². The van der Waals surface area contributed by atoms with E-state index in [1.165, 1.54) is 23.5 Å². The molecule has 2 N–H and O–H groups in total. The Labute approximate surface area is 114 Å². The molecule has 2 heterocycles. The van der Waals surface area contributed by atoms with Gasteiger partial charge in [0, 0.05) is 6.04 Å². The minimum Gasteiger partial charge on any atom is -0.347 e. The predicted octanol–water partition coefficient (Wildman–Crippen LogP) is 1.92. The minimum atomic E-state index is -0.304. The highest BCUT2D eigenvalue weighted by Crippen LogP contribution is 2.23. The van der Waals surface area contributed by atoms with Gasteiger partial charge in [0.25, 0.3) is 5.91 Å². The quantitative estimate of drug-likeness (QED) is 0.883. The zero-order valence-electron chi connectivity index (χ0n) is 10.3. The summed E-state index contributed by atoms with van der Waals surface area (Å²) in [5, 5.41) is 6.64. The van der Waals surface area contributed by atoms with E-state index in [0.717, 1.165) is 25.9 Å². The summed E-state index contributed by atoms with van der Waals surface area (Å²) in [7, 11) is 0. The summed E-state index contributed by atoms with van der Waals surface area (Å²) in [6.45, 7) is 1.85. The number of carbonyl (C=O) groups is 1. The average molecular weight is 279 g/mol. The van der Waals surface area contributed by atoms with Gasteiger partial charge in [-0.05, 0) is 44.1 Å². The van der Waals surface area contributed by atoms with Crippen LogP contribution < -0.4 is 10.6 Å². The number of fused-ring (bicyclic) bond motifs is 1. The number of carbonyl (C=O) groups excluding carboxylic acids is 1. The molecule has 0 unspecified atom stereocenters. The molecule has 6 heteroatoms. The topological polar surface area (TPSA) is 54.0 Å². The fraction of sp³-hybridized carbons (Fsp3) is 0.385. The van der Waals surface area contributed by atoms with Crippen molar-refractivity contribution in [1.82, 2.24) is 15.6 Å². The Morgan fingerprint density at radius 1 is 1.42 bits per heavy atom. The first-order chi connectivity index (χ1) is 9.22. The fourth-order valence-electron chi connectivity index (χ4n) is 2.21. The number of aromatic nitrogens is 1. The lowest BCUT2D eigenvalue weighted by atomic mass is 10.1. The fourth-order valence-corrected chi connectivity index (χ4v) is 3.10. The van der Waals surface area contributed by atoms with Crippen molar-refractivity contribution in [2.24, 2.45) is 0 Å². The van der Waals surface area contributed by atoms with E-state index < -0.39 is 0 Å². The number of nitrogens with zero attached hydrogens (tertiary/aromatic N) is 1. The maximum absolute atomic E-state index is 13.1. The lowest BCUT2D eigenvalue weighted by molar-refractivity contribution is 0.0929. The molecule has 1 fully saturated rings. The van der Waals surface area contributed by atoms with Gasteiger partial charge in [-0.25, -0.2) is 9.37 Å². The predicted molar refractivity (Wildman–Crippen MR) is 72.9 cm³/mol. The molecule has 0 spiro atoms. The SMILES string of the molecule is O=C(NC1CCNCC1)c1nc2ccc(F)cc2s1. The third kappa shape index (κ3) is 2.74. The Balaban J connectivity index is 1.77. The molecule has 0 bridgehead atoms. The normalized spacial score (nSPS) is 16.7. The Morgan fingerprint density at radius 2 is 2.21 bits per heavy atom. The largest absolute Gasteiger partial charge is 0.347 e. The zero-order chi connectivity index (χ0) is 13.2. The van der Waals surface area contributed by atoms with E-state index in [2.05, 4.69) is 15.6 Å². The number of amides is 1. The Kier molecular flexibility index (Phi) is 3.44. The first-order valence-electron chi connectivity index (χ1n) is 6.30. The maximum Gasteiger partial charge on any atom is 0.280 e. The number of hydrogen-bond acceptors (Lipinski definition) is 4. The Hall–Kier alpha value is -1.53. The average Bonchev–Trinajstić information content (AvgIpc) is 2.83. The highest BCUT2D eigenvalue weighted by molar-refractivity contribution is 7.20. The number of rotatable bonds is 2. The summed E-state index contributed by atoms with van der Waals surface area (Å²) in [5.74, 6) is -0.463. The number of piperidine rings is 1. The summed E-state index contributed by atoms with van der Waals surface area (Å²) < 4.78 is 13.8. The maximum atomic E-state index is 13.1. The first kappa shape index (κ1) is 12.5. The van der Waals surface area contributed by atoms with Gasteiger partial charge in [0.1, 0.15) is 5.82 Å². The number of nitrogens with one attached hydrogen (secondary N) is 2. The van der Waals surface area contributed by atoms with Gasteiger partial charge in [0.15, 0.2) is 5.01 Å². The second kappa shape index (κ2) is 5.22. The van der Waals surface area contributed by atoms with Crippen LogP contribution in [0.4, 0.5) is 4.39 Å². The minimum absolute atomic E-state index is 0.159. The smallest absolute Gasteiger partial charge is 0.280 e. The van der Waals surface area contributed by atoms with E-state index in [1.54, 1.807) is 6.07 Å². The number of benzene rings is 1. The summed E-state index contributed by atoms with van der Waals surface area (Å²) >= 11 is 1.23. The van der Waals surface area contributed by atoms with Crippen molar-refractivity contribution in [3.8, 4) is 0 Å². The third-order valence-corrected chi connectivity index (χ3v) is 4.24. The van der Waals surface area contributed by atoms with Crippen LogP contribution in [0.1, 0.15) is 22.6 Å². The summed E-state index contributed by atoms with van der Waals surface area (Å²) in [6, 6.07) is 4.57. The number of halogens is 1. The standard InChI is InChI=1S/C13H14FN3OS/c14-8-1-2-10-11(7-8)19-13(17-10)12(18)16-9-3-5-15-6-4-9/h1-2,7,9,15H,3-6H2,(H,16,18). The van der Waals surface area contributed by atoms with E-state index in [1.807, 2.05) is 0 Å². The summed E-state index contributed by atoms with van der Waals surface area (Å²) in [6.07, 6.45) is 1.87. The molecule has 1 aromatic carbocycles. The van der Waals surface area contributed by atoms with Gasteiger partial charge in [0.05, 0.1) is 10.2 Å². The molecular formula is C13H14FN3OS. The van der Waals surface area contributed by atoms with E-state index in [-0.39, 0.29) is 17.8 Å². The van der Waals surface area contributed by atoms with Crippen molar-refractivity contribution in [1.29, 1.82) is 0 Å². The summed E-state index contributed by atoms with van der Waals surface area (Å²) in [5.41, 5.74) is 0.668. The summed E-state index contributed by atoms with van der Waals surface area (Å²) in [4.78, 5) is 16.3. The molecule has 3 rings (SSSR count). The van der Waals surface area contributed by atoms with Gasteiger partial charge in [-0.3, -0.25) is 4.79 Å². The van der Waals surface area contributed by atoms with E-state index >= 15 is 0 Å². The van der Waals surface area contributed by atoms with E-state index in [0.29, 0.717) is 15.2 Å². The van der Waals surface area contributed by atoms with Gasteiger partial charge in [-0.1, -0.05) is 0 Å². The first-order valence-corrected chi connectivity index (χ1v) is 7.12. The van der Waals surface area contributed by atoms with Gasteiger partial charge in [-0.2, -0.15) is 0 Å². The Bertz CT molecular complexity index is 607. The van der Waals surface area contributed by atoms with Crippen molar-refractivity contribution in [2.45, 2.75) is 18.9 Å². The van der Waals surface area contributed by atoms with Crippen molar-refractivity contribution in [2.75, 3.05) is 13.1 Å². The molecule has 2 aromatic rings. The second-order valence-electron chi connectivity index (χ2n) is 4.63. The van der Waals surface area contributed by atoms with Crippen LogP contribution >= 0.6 is 11.3 Å². The van der Waals surface area contributed by atoms with Crippen molar-refractivity contribution >= 4 is 27.5 Å². The molecule has 0 aliphatic carbocycles. The lowest BCUT2D eigenvalue weighted by Crippen LogP contribution is -2.42. The van der Waals surface area contributed by atoms with Crippen LogP contribution in [0.3, 0.4) is 0 Å². The van der Waals surface area contributed by atoms with Crippen LogP contribution in [-0.4, -0.2) is 30.0 Å². The number of thiazole rings is 1. The monoisotopic (exact) mass is 279 g/mol. The van der Waals surface area contributed by atoms with Crippen molar-refractivity contribution in [3.05, 3.63) is 29.0 Å². The molecule has 1 amide bonds. The lowest BCUT2D eigenvalue weighted by Gasteiger charge is -2.23. The highest BCUT2D eigenvalue weighted by atomic mass is 32.1. The second-order valence-corrected chi connectivity index (χ2v) is 5.66. The van der Waals surface area contributed by atoms with Crippen molar-refractivity contribution < 1.29 is 9.18 Å². The van der Waals surface area contributed by atoms with E-state index in [4.69, 9.17) is 0 Å². The molecule has 4 nitrogen and oxygen atoms in total. The van der Waals surface area contributed by atoms with Crippen LogP contribution in [0.25, 0.3) is 10.2 Å². The molecule has 1 aromatic heterocycles. The number of hydrogen-bond donors (Lipinski definition) is 2. The zero-order valence-corrected chi connectivity index (χ0v) is 11.1. The molecule has 0 saturated carbocycles. The molecule has 19 heavy (non-hydrogen) atoms. The van der Waals surface area contributed by atoms with Crippen LogP contribution in [0, 0.1) is 5.82 Å². The molecule has 100 valence electrons. The van der Waals surface area contributed by atoms with Crippen molar-refractivity contribution in [3.63, 3.8) is 0 Å². The highest BCUT2D eigenvalue weighted by Gasteiger charge is 2.18. The third-order valence-electron chi connectivity index (χ3n) is 3.22. The van der Waals surface area contributed by atoms with Gasteiger partial charge in [0.2, 0.25) is 0 Å². The molecular weight excluding hydrogens is 265 g/mol. The van der Waals surface area contributed by atoms with Crippen LogP contribution in [0.2, 0.25) is 0 Å². The molecule has 0 radical (unpaired) electrons. The molecule has 1 aliphatic rings. The van der Waals surface area contributed by atoms with Gasteiger partial charge >= 0.3 is 0 Å². The van der Waals surface area contributed by atoms with E-state index in [9.17, 15) is 9.18 Å². The molecule has 1 aliphatic heterocycles. The Morgan fingerprint density at radius 3 is 3.00 bits per heavy atom. The molecule has 0 atom stereocenters. The molecule has 1 saturated heterocycles.